The molecule has 0 aliphatic heterocycles. The summed E-state index contributed by atoms with van der Waals surface area (Å²) in [6, 6.07) is 5.29. The summed E-state index contributed by atoms with van der Waals surface area (Å²) >= 11 is 0. The van der Waals surface area contributed by atoms with Gasteiger partial charge in [0.15, 0.2) is 5.82 Å². The molecule has 1 aromatic heterocycles. The van der Waals surface area contributed by atoms with Crippen LogP contribution in [0.3, 0.4) is 0 Å². The Hall–Kier alpha value is -2.66. The van der Waals surface area contributed by atoms with Crippen LogP contribution in [0.25, 0.3) is 0 Å². The number of amides is 1. The summed E-state index contributed by atoms with van der Waals surface area (Å²) in [4.78, 5) is 15.5. The Balaban J connectivity index is 2.40. The summed E-state index contributed by atoms with van der Waals surface area (Å²) in [5, 5.41) is 2.21. The van der Waals surface area contributed by atoms with Gasteiger partial charge < -0.3 is 10.1 Å². The number of pyridine rings is 1. The molecule has 1 aromatic carbocycles. The number of aromatic nitrogens is 1. The fraction of sp³-hybridized carbons (Fsp3) is 0.200. The number of carbonyl (C=O) groups is 1. The quantitative estimate of drug-likeness (QED) is 0.790. The Labute approximate surface area is 147 Å². The molecular weight excluding hydrogens is 375 g/mol. The molecule has 0 radical (unpaired) electrons. The van der Waals surface area contributed by atoms with E-state index in [4.69, 9.17) is 4.74 Å². The third-order valence-electron chi connectivity index (χ3n) is 3.32. The summed E-state index contributed by atoms with van der Waals surface area (Å²) in [7, 11) is -1.36. The molecular formula is C15H14F3N3O4S. The molecule has 2 aromatic rings. The maximum absolute atomic E-state index is 13.3. The Bertz CT molecular complexity index is 936. The van der Waals surface area contributed by atoms with Gasteiger partial charge in [-0.3, -0.25) is 4.79 Å². The molecule has 7 nitrogen and oxygen atoms in total. The highest BCUT2D eigenvalue weighted by Gasteiger charge is 2.21. The number of halogens is 3. The van der Waals surface area contributed by atoms with Crippen LogP contribution in [0.4, 0.5) is 19.0 Å². The highest BCUT2D eigenvalue weighted by molar-refractivity contribution is 7.89. The molecule has 2 N–H and O–H groups in total. The minimum absolute atomic E-state index is 0.0498. The van der Waals surface area contributed by atoms with E-state index in [1.807, 2.05) is 0 Å². The molecule has 140 valence electrons. The van der Waals surface area contributed by atoms with Gasteiger partial charge in [-0.1, -0.05) is 0 Å². The van der Waals surface area contributed by atoms with Gasteiger partial charge in [0.2, 0.25) is 10.0 Å². The number of nitrogens with zero attached hydrogens (tertiary/aromatic N) is 1. The van der Waals surface area contributed by atoms with Crippen LogP contribution in [0.1, 0.15) is 22.5 Å². The van der Waals surface area contributed by atoms with Crippen LogP contribution < -0.4 is 14.8 Å². The maximum Gasteiger partial charge on any atom is 0.283 e. The lowest BCUT2D eigenvalue weighted by molar-refractivity contribution is 0.102. The monoisotopic (exact) mass is 389 g/mol. The average Bonchev–Trinajstić information content (AvgIpc) is 2.62. The summed E-state index contributed by atoms with van der Waals surface area (Å²) in [6.07, 6.45) is -3.16. The van der Waals surface area contributed by atoms with E-state index in [-0.39, 0.29) is 22.0 Å². The largest absolute Gasteiger partial charge is 0.496 e. The van der Waals surface area contributed by atoms with E-state index >= 15 is 0 Å². The molecule has 2 rings (SSSR count). The van der Waals surface area contributed by atoms with E-state index in [1.54, 1.807) is 0 Å². The zero-order valence-corrected chi connectivity index (χ0v) is 14.4. The molecule has 0 unspecified atom stereocenters. The van der Waals surface area contributed by atoms with Crippen molar-refractivity contribution in [3.8, 4) is 5.75 Å². The summed E-state index contributed by atoms with van der Waals surface area (Å²) in [5.74, 6) is -2.35. The number of hydrogen-bond donors (Lipinski definition) is 2. The first kappa shape index (κ1) is 19.7. The number of nitrogens with one attached hydrogen (secondary N) is 2. The fourth-order valence-corrected chi connectivity index (χ4v) is 2.77. The number of sulfonamides is 1. The van der Waals surface area contributed by atoms with Crippen molar-refractivity contribution in [3.63, 3.8) is 0 Å². The summed E-state index contributed by atoms with van der Waals surface area (Å²) in [5.41, 5.74) is -1.28. The van der Waals surface area contributed by atoms with E-state index in [1.165, 1.54) is 26.3 Å². The van der Waals surface area contributed by atoms with Gasteiger partial charge in [-0.05, 0) is 37.4 Å². The van der Waals surface area contributed by atoms with Crippen molar-refractivity contribution < 1.29 is 31.1 Å². The molecule has 26 heavy (non-hydrogen) atoms. The van der Waals surface area contributed by atoms with Crippen molar-refractivity contribution >= 4 is 21.7 Å². The lowest BCUT2D eigenvalue weighted by Crippen LogP contribution is -2.20. The molecule has 0 fully saturated rings. The molecule has 0 aliphatic rings. The lowest BCUT2D eigenvalue weighted by atomic mass is 10.2. The molecule has 1 heterocycles. The topological polar surface area (TPSA) is 97.4 Å². The third-order valence-corrected chi connectivity index (χ3v) is 4.73. The highest BCUT2D eigenvalue weighted by Crippen LogP contribution is 2.25. The first-order valence-electron chi connectivity index (χ1n) is 7.07. The Morgan fingerprint density at radius 3 is 2.50 bits per heavy atom. The number of rotatable bonds is 6. The van der Waals surface area contributed by atoms with Crippen LogP contribution in [0, 0.1) is 5.82 Å². The van der Waals surface area contributed by atoms with Gasteiger partial charge in [0, 0.05) is 0 Å². The van der Waals surface area contributed by atoms with Crippen molar-refractivity contribution in [3.05, 3.63) is 47.4 Å². The number of hydrogen-bond acceptors (Lipinski definition) is 5. The number of ether oxygens (including phenoxy) is 1. The number of anilines is 1. The number of alkyl halides is 2. The minimum atomic E-state index is -3.83. The first-order valence-corrected chi connectivity index (χ1v) is 8.55. The molecule has 1 amide bonds. The first-order chi connectivity index (χ1) is 12.2. The van der Waals surface area contributed by atoms with E-state index in [2.05, 4.69) is 15.0 Å². The van der Waals surface area contributed by atoms with Gasteiger partial charge in [0.25, 0.3) is 12.3 Å². The van der Waals surface area contributed by atoms with E-state index in [0.717, 1.165) is 18.2 Å². The highest BCUT2D eigenvalue weighted by atomic mass is 32.2. The zero-order chi connectivity index (χ0) is 19.5. The van der Waals surface area contributed by atoms with Crippen LogP contribution in [0.2, 0.25) is 0 Å². The van der Waals surface area contributed by atoms with Crippen molar-refractivity contribution in [2.75, 3.05) is 19.5 Å². The molecule has 0 saturated heterocycles. The molecule has 0 aliphatic carbocycles. The van der Waals surface area contributed by atoms with Crippen molar-refractivity contribution in [1.82, 2.24) is 9.71 Å². The third kappa shape index (κ3) is 4.11. The van der Waals surface area contributed by atoms with E-state index in [9.17, 15) is 26.4 Å². The van der Waals surface area contributed by atoms with Gasteiger partial charge in [0.1, 0.15) is 17.3 Å². The average molecular weight is 389 g/mol. The van der Waals surface area contributed by atoms with Crippen LogP contribution in [-0.4, -0.2) is 33.5 Å². The molecule has 11 heteroatoms. The van der Waals surface area contributed by atoms with Gasteiger partial charge in [-0.15, -0.1) is 0 Å². The second-order valence-electron chi connectivity index (χ2n) is 4.89. The van der Waals surface area contributed by atoms with Crippen LogP contribution in [0.15, 0.2) is 35.2 Å². The van der Waals surface area contributed by atoms with Crippen molar-refractivity contribution in [2.24, 2.45) is 0 Å². The summed E-state index contributed by atoms with van der Waals surface area (Å²) in [6.45, 7) is 0. The summed E-state index contributed by atoms with van der Waals surface area (Å²) < 4.78 is 69.5. The lowest BCUT2D eigenvalue weighted by Gasteiger charge is -2.12. The number of methoxy groups -OCH3 is 1. The second-order valence-corrected chi connectivity index (χ2v) is 6.77. The van der Waals surface area contributed by atoms with Crippen LogP contribution >= 0.6 is 0 Å². The van der Waals surface area contributed by atoms with Crippen LogP contribution in [0.5, 0.6) is 5.75 Å². The van der Waals surface area contributed by atoms with Gasteiger partial charge in [-0.25, -0.2) is 31.3 Å². The second kappa shape index (κ2) is 7.70. The fourth-order valence-electron chi connectivity index (χ4n) is 2.01. The van der Waals surface area contributed by atoms with Crippen LogP contribution in [-0.2, 0) is 10.0 Å². The number of benzene rings is 1. The van der Waals surface area contributed by atoms with Crippen molar-refractivity contribution in [1.29, 1.82) is 0 Å². The maximum atomic E-state index is 13.3. The predicted molar refractivity (Wildman–Crippen MR) is 86.3 cm³/mol. The molecule has 0 atom stereocenters. The van der Waals surface area contributed by atoms with E-state index in [0.29, 0.717) is 0 Å². The molecule has 0 spiro atoms. The Morgan fingerprint density at radius 1 is 1.23 bits per heavy atom. The molecule has 0 saturated carbocycles. The minimum Gasteiger partial charge on any atom is -0.496 e. The van der Waals surface area contributed by atoms with Gasteiger partial charge in [-0.2, -0.15) is 0 Å². The Kier molecular flexibility index (Phi) is 5.83. The smallest absolute Gasteiger partial charge is 0.283 e. The Morgan fingerprint density at radius 2 is 1.92 bits per heavy atom. The van der Waals surface area contributed by atoms with E-state index < -0.39 is 33.9 Å². The van der Waals surface area contributed by atoms with Gasteiger partial charge >= 0.3 is 0 Å². The SMILES string of the molecule is CNS(=O)(=O)c1ccc(OC)c(C(=O)Nc2ccc(F)c(C(F)F)n2)c1. The van der Waals surface area contributed by atoms with Crippen molar-refractivity contribution in [2.45, 2.75) is 11.3 Å². The molecule has 0 bridgehead atoms. The zero-order valence-electron chi connectivity index (χ0n) is 13.6. The number of carbonyl (C=O) groups excluding carboxylic acids is 1. The standard InChI is InChI=1S/C15H14F3N3O4S/c1-19-26(23,24)8-3-5-11(25-2)9(7-8)15(22)21-12-6-4-10(16)13(20-12)14(17)18/h3-7,14,19H,1-2H3,(H,20,21,22). The van der Waals surface area contributed by atoms with Gasteiger partial charge in [0.05, 0.1) is 17.6 Å². The normalized spacial score (nSPS) is 11.5. The predicted octanol–water partition coefficient (Wildman–Crippen LogP) is 2.33.